The van der Waals surface area contributed by atoms with Crippen molar-refractivity contribution in [3.63, 3.8) is 0 Å². The highest BCUT2D eigenvalue weighted by Gasteiger charge is 2.48. The fraction of sp³-hybridized carbons (Fsp3) is 0.111. The minimum absolute atomic E-state index is 0.215. The number of rotatable bonds is 2. The maximum atomic E-state index is 13.3. The lowest BCUT2D eigenvalue weighted by atomic mass is 9.85. The third kappa shape index (κ3) is 1.94. The van der Waals surface area contributed by atoms with Crippen molar-refractivity contribution < 1.29 is 4.39 Å². The van der Waals surface area contributed by atoms with Crippen molar-refractivity contribution in [3.05, 3.63) is 83.1 Å². The van der Waals surface area contributed by atoms with Crippen molar-refractivity contribution in [1.29, 1.82) is 0 Å². The summed E-state index contributed by atoms with van der Waals surface area (Å²) in [6.07, 6.45) is 4.92. The Morgan fingerprint density at radius 1 is 1.05 bits per heavy atom. The maximum absolute atomic E-state index is 13.3. The summed E-state index contributed by atoms with van der Waals surface area (Å²) in [5, 5.41) is 1.60. The second kappa shape index (κ2) is 4.54. The molecule has 1 nitrogen and oxygen atoms in total. The Morgan fingerprint density at radius 2 is 1.90 bits per heavy atom. The predicted molar refractivity (Wildman–Crippen MR) is 82.9 cm³/mol. The lowest BCUT2D eigenvalue weighted by molar-refractivity contribution is 0.626. The van der Waals surface area contributed by atoms with Gasteiger partial charge in [-0.3, -0.25) is 4.98 Å². The molecule has 0 amide bonds. The normalized spacial score (nSPS) is 16.1. The smallest absolute Gasteiger partial charge is 0.124 e. The van der Waals surface area contributed by atoms with Gasteiger partial charge in [-0.25, -0.2) is 4.39 Å². The van der Waals surface area contributed by atoms with E-state index in [2.05, 4.69) is 23.5 Å². The van der Waals surface area contributed by atoms with Crippen molar-refractivity contribution in [1.82, 2.24) is 4.98 Å². The van der Waals surface area contributed by atoms with E-state index in [0.29, 0.717) is 5.02 Å². The van der Waals surface area contributed by atoms with Crippen LogP contribution in [0.15, 0.2) is 54.7 Å². The number of hydrogen-bond acceptors (Lipinski definition) is 1. The first-order chi connectivity index (χ1) is 10.2. The molecule has 0 saturated heterocycles. The van der Waals surface area contributed by atoms with Crippen LogP contribution in [0.2, 0.25) is 5.02 Å². The Kier molecular flexibility index (Phi) is 2.76. The second-order valence-electron chi connectivity index (χ2n) is 5.38. The van der Waals surface area contributed by atoms with Gasteiger partial charge in [-0.15, -0.1) is 0 Å². The molecule has 103 valence electrons. The van der Waals surface area contributed by atoms with Crippen LogP contribution in [0.25, 0.3) is 10.9 Å². The molecule has 1 radical (unpaired) electrons. The zero-order valence-corrected chi connectivity index (χ0v) is 11.9. The number of nitrogens with zero attached hydrogens (tertiary/aromatic N) is 1. The second-order valence-corrected chi connectivity index (χ2v) is 5.79. The quantitative estimate of drug-likeness (QED) is 0.654. The van der Waals surface area contributed by atoms with Crippen LogP contribution in [0, 0.1) is 12.2 Å². The Balaban J connectivity index is 1.95. The van der Waals surface area contributed by atoms with Crippen LogP contribution in [-0.2, 0) is 5.41 Å². The lowest BCUT2D eigenvalue weighted by Gasteiger charge is -2.19. The summed E-state index contributed by atoms with van der Waals surface area (Å²) in [6.45, 7) is 0. The number of benzene rings is 2. The van der Waals surface area contributed by atoms with E-state index in [-0.39, 0.29) is 11.2 Å². The van der Waals surface area contributed by atoms with Gasteiger partial charge in [-0.1, -0.05) is 35.9 Å². The van der Waals surface area contributed by atoms with Gasteiger partial charge < -0.3 is 0 Å². The van der Waals surface area contributed by atoms with E-state index in [1.54, 1.807) is 12.3 Å². The molecule has 0 bridgehead atoms. The van der Waals surface area contributed by atoms with Gasteiger partial charge in [0.2, 0.25) is 0 Å². The standard InChI is InChI=1S/C18H12ClFN/c19-16-11-12(20)6-7-15(16)18(8-9-18)14-4-1-5-17-13(14)3-2-10-21-17/h1-8,10-11H,9H2. The molecule has 1 aromatic heterocycles. The molecule has 0 aliphatic heterocycles. The van der Waals surface area contributed by atoms with Crippen LogP contribution in [0.4, 0.5) is 4.39 Å². The predicted octanol–water partition coefficient (Wildman–Crippen LogP) is 4.92. The molecular weight excluding hydrogens is 285 g/mol. The molecule has 1 aliphatic rings. The summed E-state index contributed by atoms with van der Waals surface area (Å²) < 4.78 is 13.3. The van der Waals surface area contributed by atoms with Gasteiger partial charge in [0.1, 0.15) is 5.82 Å². The average molecular weight is 297 g/mol. The van der Waals surface area contributed by atoms with Crippen LogP contribution >= 0.6 is 11.6 Å². The molecule has 2 aromatic carbocycles. The SMILES string of the molecule is Fc1ccc(C2(c3cccc4ncccc34)[CH]C2)c(Cl)c1. The molecular formula is C18H12ClFN. The van der Waals surface area contributed by atoms with Gasteiger partial charge in [0.25, 0.3) is 0 Å². The fourth-order valence-electron chi connectivity index (χ4n) is 3.03. The van der Waals surface area contributed by atoms with Crippen LogP contribution in [0.1, 0.15) is 17.5 Å². The number of pyridine rings is 1. The van der Waals surface area contributed by atoms with E-state index in [1.165, 1.54) is 17.7 Å². The topological polar surface area (TPSA) is 12.9 Å². The van der Waals surface area contributed by atoms with Crippen molar-refractivity contribution >= 4 is 22.5 Å². The fourth-order valence-corrected chi connectivity index (χ4v) is 3.37. The molecule has 21 heavy (non-hydrogen) atoms. The van der Waals surface area contributed by atoms with Crippen molar-refractivity contribution in [2.24, 2.45) is 0 Å². The third-order valence-electron chi connectivity index (χ3n) is 4.15. The van der Waals surface area contributed by atoms with E-state index in [4.69, 9.17) is 11.6 Å². The minimum atomic E-state index is -0.306. The van der Waals surface area contributed by atoms with Crippen LogP contribution in [0.5, 0.6) is 0 Å². The van der Waals surface area contributed by atoms with E-state index in [0.717, 1.165) is 22.9 Å². The maximum Gasteiger partial charge on any atom is 0.124 e. The van der Waals surface area contributed by atoms with E-state index < -0.39 is 0 Å². The molecule has 1 heterocycles. The van der Waals surface area contributed by atoms with Gasteiger partial charge in [-0.05, 0) is 48.2 Å². The lowest BCUT2D eigenvalue weighted by Crippen LogP contribution is -2.10. The average Bonchev–Trinajstić information content (AvgIpc) is 3.28. The highest BCUT2D eigenvalue weighted by atomic mass is 35.5. The molecule has 1 saturated carbocycles. The monoisotopic (exact) mass is 296 g/mol. The molecule has 3 heteroatoms. The molecule has 1 fully saturated rings. The first-order valence-electron chi connectivity index (χ1n) is 6.85. The van der Waals surface area contributed by atoms with Gasteiger partial charge >= 0.3 is 0 Å². The molecule has 1 unspecified atom stereocenters. The zero-order chi connectivity index (χ0) is 14.4. The number of aromatic nitrogens is 1. The molecule has 0 spiro atoms. The van der Waals surface area contributed by atoms with E-state index >= 15 is 0 Å². The number of hydrogen-bond donors (Lipinski definition) is 0. The molecule has 1 atom stereocenters. The summed E-state index contributed by atoms with van der Waals surface area (Å²) in [5.74, 6) is -0.306. The number of halogens is 2. The largest absolute Gasteiger partial charge is 0.256 e. The summed E-state index contributed by atoms with van der Waals surface area (Å²) in [6, 6.07) is 14.8. The minimum Gasteiger partial charge on any atom is -0.256 e. The van der Waals surface area contributed by atoms with Crippen molar-refractivity contribution in [2.45, 2.75) is 11.8 Å². The van der Waals surface area contributed by atoms with Gasteiger partial charge in [0, 0.05) is 22.0 Å². The molecule has 1 aliphatic carbocycles. The van der Waals surface area contributed by atoms with E-state index in [9.17, 15) is 4.39 Å². The molecule has 4 rings (SSSR count). The number of fused-ring (bicyclic) bond motifs is 1. The van der Waals surface area contributed by atoms with Gasteiger partial charge in [0.05, 0.1) is 5.52 Å². The first kappa shape index (κ1) is 12.8. The van der Waals surface area contributed by atoms with Gasteiger partial charge in [-0.2, -0.15) is 0 Å². The third-order valence-corrected chi connectivity index (χ3v) is 4.46. The van der Waals surface area contributed by atoms with Crippen LogP contribution < -0.4 is 0 Å². The van der Waals surface area contributed by atoms with Crippen LogP contribution in [-0.4, -0.2) is 4.98 Å². The zero-order valence-electron chi connectivity index (χ0n) is 11.2. The van der Waals surface area contributed by atoms with Gasteiger partial charge in [0.15, 0.2) is 0 Å². The highest BCUT2D eigenvalue weighted by molar-refractivity contribution is 6.31. The van der Waals surface area contributed by atoms with Crippen LogP contribution in [0.3, 0.4) is 0 Å². The van der Waals surface area contributed by atoms with Crippen molar-refractivity contribution in [2.75, 3.05) is 0 Å². The Hall–Kier alpha value is -1.93. The Morgan fingerprint density at radius 3 is 2.67 bits per heavy atom. The van der Waals surface area contributed by atoms with E-state index in [1.807, 2.05) is 18.2 Å². The summed E-state index contributed by atoms with van der Waals surface area (Å²) in [7, 11) is 0. The Bertz CT molecular complexity index is 834. The molecule has 3 aromatic rings. The summed E-state index contributed by atoms with van der Waals surface area (Å²) >= 11 is 6.28. The van der Waals surface area contributed by atoms with Crippen molar-refractivity contribution in [3.8, 4) is 0 Å². The Labute approximate surface area is 127 Å². The summed E-state index contributed by atoms with van der Waals surface area (Å²) in [4.78, 5) is 4.41. The summed E-state index contributed by atoms with van der Waals surface area (Å²) in [5.41, 5.74) is 2.89. The first-order valence-corrected chi connectivity index (χ1v) is 7.23. The molecule has 0 N–H and O–H groups in total. The highest BCUT2D eigenvalue weighted by Crippen LogP contribution is 2.55.